The Kier molecular flexibility index (Phi) is 6.04. The number of carbonyl (C=O) groups excluding carboxylic acids is 1. The van der Waals surface area contributed by atoms with Crippen LogP contribution < -0.4 is 10.1 Å². The number of aromatic nitrogens is 2. The number of carbonyl (C=O) groups is 1. The van der Waals surface area contributed by atoms with E-state index >= 15 is 0 Å². The molecule has 2 rings (SSSR count). The molecule has 6 nitrogen and oxygen atoms in total. The molecule has 0 aliphatic heterocycles. The van der Waals surface area contributed by atoms with Crippen molar-refractivity contribution in [1.29, 1.82) is 0 Å². The van der Waals surface area contributed by atoms with E-state index in [0.29, 0.717) is 23.9 Å². The summed E-state index contributed by atoms with van der Waals surface area (Å²) in [5.41, 5.74) is 1.36. The molecule has 1 aliphatic carbocycles. The molecule has 1 saturated carbocycles. The van der Waals surface area contributed by atoms with Crippen LogP contribution in [0.25, 0.3) is 0 Å². The second-order valence-corrected chi connectivity index (χ2v) is 6.51. The number of nitrogens with zero attached hydrogens (tertiary/aromatic N) is 2. The average Bonchev–Trinajstić information content (AvgIpc) is 2.78. The van der Waals surface area contributed by atoms with E-state index in [2.05, 4.69) is 17.3 Å². The SMILES string of the molecule is CC[C@H](O[C@@H]1CCC[C@@H](C)C1)C(=O)Nc1c(C)nn(C)c1OC. The van der Waals surface area contributed by atoms with Gasteiger partial charge in [-0.15, -0.1) is 0 Å². The lowest BCUT2D eigenvalue weighted by molar-refractivity contribution is -0.133. The van der Waals surface area contributed by atoms with Crippen molar-refractivity contribution in [3.05, 3.63) is 5.69 Å². The van der Waals surface area contributed by atoms with Crippen LogP contribution in [0.4, 0.5) is 5.69 Å². The summed E-state index contributed by atoms with van der Waals surface area (Å²) in [6.07, 6.45) is 4.93. The highest BCUT2D eigenvalue weighted by atomic mass is 16.5. The lowest BCUT2D eigenvalue weighted by atomic mass is 9.88. The lowest BCUT2D eigenvalue weighted by Gasteiger charge is -2.29. The van der Waals surface area contributed by atoms with Gasteiger partial charge in [-0.1, -0.05) is 26.7 Å². The Bertz CT molecular complexity index is 541. The topological polar surface area (TPSA) is 65.4 Å². The number of aryl methyl sites for hydroxylation is 2. The number of hydrogen-bond donors (Lipinski definition) is 1. The van der Waals surface area contributed by atoms with Crippen LogP contribution >= 0.6 is 0 Å². The highest BCUT2D eigenvalue weighted by molar-refractivity contribution is 5.95. The predicted molar refractivity (Wildman–Crippen MR) is 89.7 cm³/mol. The van der Waals surface area contributed by atoms with Crippen LogP contribution in [-0.4, -0.2) is 35.0 Å². The maximum Gasteiger partial charge on any atom is 0.253 e. The number of methoxy groups -OCH3 is 1. The highest BCUT2D eigenvalue weighted by Gasteiger charge is 2.27. The molecule has 0 bridgehead atoms. The molecular formula is C17H29N3O3. The molecule has 1 heterocycles. The van der Waals surface area contributed by atoms with Gasteiger partial charge in [0.1, 0.15) is 11.8 Å². The first-order valence-electron chi connectivity index (χ1n) is 8.50. The van der Waals surface area contributed by atoms with E-state index in [1.54, 1.807) is 18.8 Å². The van der Waals surface area contributed by atoms with Gasteiger partial charge in [-0.25, -0.2) is 4.68 Å². The molecular weight excluding hydrogens is 294 g/mol. The van der Waals surface area contributed by atoms with Gasteiger partial charge in [-0.3, -0.25) is 4.79 Å². The molecule has 1 N–H and O–H groups in total. The van der Waals surface area contributed by atoms with Gasteiger partial charge in [-0.05, 0) is 32.1 Å². The van der Waals surface area contributed by atoms with Crippen molar-refractivity contribution in [2.24, 2.45) is 13.0 Å². The molecule has 1 fully saturated rings. The summed E-state index contributed by atoms with van der Waals surface area (Å²) in [7, 11) is 3.36. The van der Waals surface area contributed by atoms with Gasteiger partial charge in [-0.2, -0.15) is 5.10 Å². The maximum absolute atomic E-state index is 12.6. The van der Waals surface area contributed by atoms with Crippen molar-refractivity contribution in [3.63, 3.8) is 0 Å². The average molecular weight is 323 g/mol. The lowest BCUT2D eigenvalue weighted by Crippen LogP contribution is -2.35. The zero-order valence-electron chi connectivity index (χ0n) is 14.9. The molecule has 6 heteroatoms. The summed E-state index contributed by atoms with van der Waals surface area (Å²) in [6.45, 7) is 6.08. The van der Waals surface area contributed by atoms with Gasteiger partial charge in [0.25, 0.3) is 5.91 Å². The number of anilines is 1. The summed E-state index contributed by atoms with van der Waals surface area (Å²) >= 11 is 0. The van der Waals surface area contributed by atoms with Crippen molar-refractivity contribution in [2.45, 2.75) is 65.1 Å². The van der Waals surface area contributed by atoms with E-state index in [1.807, 2.05) is 13.8 Å². The van der Waals surface area contributed by atoms with Crippen LogP contribution in [0.15, 0.2) is 0 Å². The van der Waals surface area contributed by atoms with Crippen LogP contribution in [0.2, 0.25) is 0 Å². The van der Waals surface area contributed by atoms with Gasteiger partial charge in [0, 0.05) is 7.05 Å². The first-order chi connectivity index (χ1) is 11.0. The molecule has 1 aromatic rings. The number of rotatable bonds is 6. The van der Waals surface area contributed by atoms with Crippen LogP contribution in [-0.2, 0) is 16.6 Å². The van der Waals surface area contributed by atoms with Crippen molar-refractivity contribution in [2.75, 3.05) is 12.4 Å². The molecule has 3 atom stereocenters. The Morgan fingerprint density at radius 1 is 1.48 bits per heavy atom. The fourth-order valence-electron chi connectivity index (χ4n) is 3.30. The normalized spacial score (nSPS) is 22.7. The number of ether oxygens (including phenoxy) is 2. The molecule has 0 unspecified atom stereocenters. The van der Waals surface area contributed by atoms with Gasteiger partial charge in [0.15, 0.2) is 0 Å². The van der Waals surface area contributed by atoms with E-state index < -0.39 is 6.10 Å². The summed E-state index contributed by atoms with van der Waals surface area (Å²) in [4.78, 5) is 12.6. The van der Waals surface area contributed by atoms with Crippen LogP contribution in [0.1, 0.15) is 51.6 Å². The first kappa shape index (κ1) is 17.8. The Morgan fingerprint density at radius 2 is 2.22 bits per heavy atom. The minimum atomic E-state index is -0.436. The quantitative estimate of drug-likeness (QED) is 0.874. The highest BCUT2D eigenvalue weighted by Crippen LogP contribution is 2.29. The van der Waals surface area contributed by atoms with Gasteiger partial charge >= 0.3 is 0 Å². The molecule has 1 amide bonds. The molecule has 0 spiro atoms. The third kappa shape index (κ3) is 4.25. The van der Waals surface area contributed by atoms with Gasteiger partial charge in [0.2, 0.25) is 5.88 Å². The second kappa shape index (κ2) is 7.81. The third-order valence-electron chi connectivity index (χ3n) is 4.52. The Morgan fingerprint density at radius 3 is 2.83 bits per heavy atom. The molecule has 1 aliphatic rings. The maximum atomic E-state index is 12.6. The molecule has 0 saturated heterocycles. The standard InChI is InChI=1S/C17H29N3O3/c1-6-14(23-13-9-7-8-11(2)10-13)16(21)18-15-12(3)19-20(4)17(15)22-5/h11,13-14H,6-10H2,1-5H3,(H,18,21)/t11-,13-,14+/m1/s1. The molecule has 23 heavy (non-hydrogen) atoms. The summed E-state index contributed by atoms with van der Waals surface area (Å²) in [6, 6.07) is 0. The molecule has 0 aromatic carbocycles. The fraction of sp³-hybridized carbons (Fsp3) is 0.765. The fourth-order valence-corrected chi connectivity index (χ4v) is 3.30. The largest absolute Gasteiger partial charge is 0.480 e. The summed E-state index contributed by atoms with van der Waals surface area (Å²) < 4.78 is 13.0. The summed E-state index contributed by atoms with van der Waals surface area (Å²) in [5.74, 6) is 1.10. The van der Waals surface area contributed by atoms with Crippen LogP contribution in [0.5, 0.6) is 5.88 Å². The van der Waals surface area contributed by atoms with Crippen molar-refractivity contribution in [3.8, 4) is 5.88 Å². The predicted octanol–water partition coefficient (Wildman–Crippen LogP) is 3.05. The third-order valence-corrected chi connectivity index (χ3v) is 4.52. The Hall–Kier alpha value is -1.56. The Labute approximate surface area is 138 Å². The molecule has 1 aromatic heterocycles. The minimum absolute atomic E-state index is 0.125. The minimum Gasteiger partial charge on any atom is -0.480 e. The molecule has 0 radical (unpaired) electrons. The van der Waals surface area contributed by atoms with E-state index in [0.717, 1.165) is 18.5 Å². The monoisotopic (exact) mass is 323 g/mol. The van der Waals surface area contributed by atoms with Gasteiger partial charge in [0.05, 0.1) is 18.9 Å². The first-order valence-corrected chi connectivity index (χ1v) is 8.50. The number of nitrogens with one attached hydrogen (secondary N) is 1. The van der Waals surface area contributed by atoms with Crippen molar-refractivity contribution < 1.29 is 14.3 Å². The Balaban J connectivity index is 2.03. The van der Waals surface area contributed by atoms with Crippen LogP contribution in [0, 0.1) is 12.8 Å². The van der Waals surface area contributed by atoms with E-state index in [1.165, 1.54) is 12.8 Å². The number of hydrogen-bond acceptors (Lipinski definition) is 4. The van der Waals surface area contributed by atoms with E-state index in [9.17, 15) is 4.79 Å². The summed E-state index contributed by atoms with van der Waals surface area (Å²) in [5, 5.41) is 7.21. The zero-order chi connectivity index (χ0) is 17.0. The van der Waals surface area contributed by atoms with E-state index in [4.69, 9.17) is 9.47 Å². The van der Waals surface area contributed by atoms with Crippen LogP contribution in [0.3, 0.4) is 0 Å². The smallest absolute Gasteiger partial charge is 0.253 e. The molecule has 130 valence electrons. The zero-order valence-corrected chi connectivity index (χ0v) is 14.9. The van der Waals surface area contributed by atoms with Crippen molar-refractivity contribution >= 4 is 11.6 Å². The van der Waals surface area contributed by atoms with E-state index in [-0.39, 0.29) is 12.0 Å². The number of amides is 1. The van der Waals surface area contributed by atoms with Crippen molar-refractivity contribution in [1.82, 2.24) is 9.78 Å². The second-order valence-electron chi connectivity index (χ2n) is 6.51. The van der Waals surface area contributed by atoms with Gasteiger partial charge < -0.3 is 14.8 Å².